The van der Waals surface area contributed by atoms with Crippen molar-refractivity contribution in [2.75, 3.05) is 0 Å². The zero-order valence-electron chi connectivity index (χ0n) is 9.42. The lowest BCUT2D eigenvalue weighted by Crippen LogP contribution is -2.21. The Hall–Kier alpha value is -2.45. The van der Waals surface area contributed by atoms with Crippen molar-refractivity contribution < 1.29 is 41.4 Å². The van der Waals surface area contributed by atoms with Crippen molar-refractivity contribution in [1.29, 1.82) is 0 Å². The maximum absolute atomic E-state index is 13.4. The van der Waals surface area contributed by atoms with E-state index in [2.05, 4.69) is 11.3 Å². The molecule has 0 fully saturated rings. The van der Waals surface area contributed by atoms with Crippen molar-refractivity contribution in [2.45, 2.75) is 6.36 Å². The molecule has 1 aromatic rings. The fourth-order valence-electron chi connectivity index (χ4n) is 1.23. The first kappa shape index (κ1) is 15.6. The van der Waals surface area contributed by atoms with Crippen LogP contribution in [-0.4, -0.2) is 23.4 Å². The number of carbonyl (C=O) groups excluding carboxylic acids is 1. The number of ether oxygens (including phenoxy) is 1. The van der Waals surface area contributed by atoms with Crippen LogP contribution in [-0.2, 0) is 4.74 Å². The van der Waals surface area contributed by atoms with Gasteiger partial charge in [0.1, 0.15) is 11.1 Å². The van der Waals surface area contributed by atoms with Crippen LogP contribution in [0.4, 0.5) is 22.0 Å². The molecule has 0 saturated carbocycles. The average molecular weight is 296 g/mol. The first-order valence-electron chi connectivity index (χ1n) is 4.79. The molecule has 0 amide bonds. The van der Waals surface area contributed by atoms with Gasteiger partial charge in [0, 0.05) is 0 Å². The van der Waals surface area contributed by atoms with Gasteiger partial charge in [0.25, 0.3) is 6.36 Å². The summed E-state index contributed by atoms with van der Waals surface area (Å²) in [5.41, 5.74) is -3.57. The molecule has 20 heavy (non-hydrogen) atoms. The molecule has 1 aromatic carbocycles. The van der Waals surface area contributed by atoms with Crippen LogP contribution in [0.5, 0.6) is 0 Å². The van der Waals surface area contributed by atoms with Gasteiger partial charge < -0.3 is 9.84 Å². The summed E-state index contributed by atoms with van der Waals surface area (Å²) < 4.78 is 69.0. The lowest BCUT2D eigenvalue weighted by Gasteiger charge is -2.11. The molecule has 0 spiro atoms. The summed E-state index contributed by atoms with van der Waals surface area (Å²) in [4.78, 5) is 22.0. The fraction of sp³-hybridized carbons (Fsp3) is 0.0909. The van der Waals surface area contributed by atoms with Crippen LogP contribution in [0.2, 0.25) is 0 Å². The number of alkyl halides is 1. The number of rotatable bonds is 4. The monoisotopic (exact) mass is 296 g/mol. The number of hydrogen-bond donors (Lipinski definition) is 1. The molecule has 0 saturated heterocycles. The Morgan fingerprint density at radius 3 is 1.90 bits per heavy atom. The van der Waals surface area contributed by atoms with Crippen molar-refractivity contribution in [1.82, 2.24) is 0 Å². The fourth-order valence-corrected chi connectivity index (χ4v) is 1.23. The van der Waals surface area contributed by atoms with E-state index in [0.29, 0.717) is 6.08 Å². The molecule has 0 aliphatic rings. The van der Waals surface area contributed by atoms with E-state index >= 15 is 0 Å². The standard InChI is InChI=1S/C11H5F5O4/c1-2-3(12)20-11(19)5-4(10(17)18)6(13)8(15)9(16)7(5)14/h2-3H,1H2,(H,17,18). The molecule has 1 rings (SSSR count). The van der Waals surface area contributed by atoms with E-state index in [1.54, 1.807) is 0 Å². The smallest absolute Gasteiger partial charge is 0.345 e. The normalized spacial score (nSPS) is 11.8. The molecule has 0 aliphatic heterocycles. The first-order valence-corrected chi connectivity index (χ1v) is 4.79. The number of carbonyl (C=O) groups is 2. The Bertz CT molecular complexity index is 599. The highest BCUT2D eigenvalue weighted by Crippen LogP contribution is 2.25. The molecule has 1 atom stereocenters. The first-order chi connectivity index (χ1) is 9.22. The topological polar surface area (TPSA) is 63.6 Å². The van der Waals surface area contributed by atoms with Crippen LogP contribution >= 0.6 is 0 Å². The zero-order chi connectivity index (χ0) is 15.6. The molecule has 0 aromatic heterocycles. The Kier molecular flexibility index (Phi) is 4.43. The van der Waals surface area contributed by atoms with Crippen molar-refractivity contribution in [3.8, 4) is 0 Å². The van der Waals surface area contributed by atoms with Crippen LogP contribution < -0.4 is 0 Å². The average Bonchev–Trinajstić information content (AvgIpc) is 2.39. The number of benzene rings is 1. The predicted molar refractivity (Wildman–Crippen MR) is 53.7 cm³/mol. The summed E-state index contributed by atoms with van der Waals surface area (Å²) in [6, 6.07) is 0. The van der Waals surface area contributed by atoms with Gasteiger partial charge in [-0.1, -0.05) is 6.58 Å². The van der Waals surface area contributed by atoms with Gasteiger partial charge in [-0.15, -0.1) is 0 Å². The van der Waals surface area contributed by atoms with Crippen molar-refractivity contribution in [3.63, 3.8) is 0 Å². The minimum Gasteiger partial charge on any atom is -0.478 e. The van der Waals surface area contributed by atoms with Gasteiger partial charge in [-0.2, -0.15) is 4.39 Å². The molecular formula is C11H5F5O4. The molecule has 0 bridgehead atoms. The predicted octanol–water partition coefficient (Wildman–Crippen LogP) is 2.58. The second-order valence-corrected chi connectivity index (χ2v) is 3.30. The van der Waals surface area contributed by atoms with Crippen LogP contribution in [0.25, 0.3) is 0 Å². The van der Waals surface area contributed by atoms with Crippen molar-refractivity contribution in [3.05, 3.63) is 47.1 Å². The SMILES string of the molecule is C=CC(F)OC(=O)c1c(F)c(F)c(F)c(F)c1C(=O)O. The van der Waals surface area contributed by atoms with Gasteiger partial charge >= 0.3 is 11.9 Å². The third kappa shape index (κ3) is 2.60. The number of esters is 1. The lowest BCUT2D eigenvalue weighted by atomic mass is 10.1. The third-order valence-electron chi connectivity index (χ3n) is 2.09. The lowest BCUT2D eigenvalue weighted by molar-refractivity contribution is 0.00541. The summed E-state index contributed by atoms with van der Waals surface area (Å²) >= 11 is 0. The molecule has 4 nitrogen and oxygen atoms in total. The highest BCUT2D eigenvalue weighted by atomic mass is 19.2. The van der Waals surface area contributed by atoms with Gasteiger partial charge in [-0.25, -0.2) is 27.2 Å². The van der Waals surface area contributed by atoms with Crippen LogP contribution in [0.3, 0.4) is 0 Å². The molecule has 0 heterocycles. The molecule has 108 valence electrons. The number of halogens is 5. The Labute approximate surface area is 108 Å². The van der Waals surface area contributed by atoms with E-state index in [-0.39, 0.29) is 0 Å². The summed E-state index contributed by atoms with van der Waals surface area (Å²) in [7, 11) is 0. The summed E-state index contributed by atoms with van der Waals surface area (Å²) in [5, 5.41) is 8.61. The molecule has 1 N–H and O–H groups in total. The van der Waals surface area contributed by atoms with E-state index < -0.39 is 52.7 Å². The van der Waals surface area contributed by atoms with E-state index in [0.717, 1.165) is 0 Å². The van der Waals surface area contributed by atoms with Gasteiger partial charge in [-0.05, 0) is 6.08 Å². The number of carboxylic acid groups (broad SMARTS) is 1. The maximum Gasteiger partial charge on any atom is 0.345 e. The van der Waals surface area contributed by atoms with Gasteiger partial charge in [0.05, 0.1) is 0 Å². The third-order valence-corrected chi connectivity index (χ3v) is 2.09. The van der Waals surface area contributed by atoms with Crippen molar-refractivity contribution >= 4 is 11.9 Å². The van der Waals surface area contributed by atoms with Gasteiger partial charge in [0.15, 0.2) is 23.3 Å². The quantitative estimate of drug-likeness (QED) is 0.305. The summed E-state index contributed by atoms with van der Waals surface area (Å²) in [6.07, 6.45) is -2.04. The van der Waals surface area contributed by atoms with E-state index in [1.807, 2.05) is 0 Å². The minimum absolute atomic E-state index is 0.437. The van der Waals surface area contributed by atoms with Crippen molar-refractivity contribution in [2.24, 2.45) is 0 Å². The second kappa shape index (κ2) is 5.68. The second-order valence-electron chi connectivity index (χ2n) is 3.30. The molecule has 1 unspecified atom stereocenters. The molecule has 0 aliphatic carbocycles. The van der Waals surface area contributed by atoms with E-state index in [4.69, 9.17) is 5.11 Å². The number of aromatic carboxylic acids is 1. The van der Waals surface area contributed by atoms with Gasteiger partial charge in [0.2, 0.25) is 0 Å². The van der Waals surface area contributed by atoms with Crippen LogP contribution in [0.1, 0.15) is 20.7 Å². The zero-order valence-corrected chi connectivity index (χ0v) is 9.42. The highest BCUT2D eigenvalue weighted by molar-refractivity contribution is 6.03. The Balaban J connectivity index is 3.56. The van der Waals surface area contributed by atoms with Crippen LogP contribution in [0.15, 0.2) is 12.7 Å². The van der Waals surface area contributed by atoms with Gasteiger partial charge in [-0.3, -0.25) is 0 Å². The summed E-state index contributed by atoms with van der Waals surface area (Å²) in [6.45, 7) is 2.87. The van der Waals surface area contributed by atoms with Crippen LogP contribution in [0, 0.1) is 23.3 Å². The molecule has 0 radical (unpaired) electrons. The minimum atomic E-state index is -2.47. The number of carboxylic acids is 1. The Morgan fingerprint density at radius 2 is 1.50 bits per heavy atom. The largest absolute Gasteiger partial charge is 0.478 e. The van der Waals surface area contributed by atoms with E-state index in [9.17, 15) is 31.5 Å². The number of hydrogen-bond acceptors (Lipinski definition) is 3. The maximum atomic E-state index is 13.4. The summed E-state index contributed by atoms with van der Waals surface area (Å²) in [5.74, 6) is -13.7. The Morgan fingerprint density at radius 1 is 1.05 bits per heavy atom. The molecule has 9 heteroatoms. The molecular weight excluding hydrogens is 291 g/mol. The van der Waals surface area contributed by atoms with E-state index in [1.165, 1.54) is 0 Å². The highest BCUT2D eigenvalue weighted by Gasteiger charge is 2.34.